The quantitative estimate of drug-likeness (QED) is 0.718. The maximum absolute atomic E-state index is 13.3. The number of hydrogen-bond donors (Lipinski definition) is 1. The van der Waals surface area contributed by atoms with Crippen molar-refractivity contribution in [2.45, 2.75) is 45.7 Å². The molecule has 0 aromatic heterocycles. The summed E-state index contributed by atoms with van der Waals surface area (Å²) in [5.41, 5.74) is 2.27. The van der Waals surface area contributed by atoms with Gasteiger partial charge in [0.25, 0.3) is 5.91 Å². The minimum Gasteiger partial charge on any atom is -0.372 e. The highest BCUT2D eigenvalue weighted by atomic mass is 16.2. The van der Waals surface area contributed by atoms with Gasteiger partial charge in [0.15, 0.2) is 0 Å². The molecule has 1 unspecified atom stereocenters. The van der Waals surface area contributed by atoms with Crippen LogP contribution in [0.25, 0.3) is 0 Å². The molecule has 1 fully saturated rings. The van der Waals surface area contributed by atoms with Crippen molar-refractivity contribution in [3.63, 3.8) is 0 Å². The number of fused-ring (bicyclic) bond motifs is 3. The van der Waals surface area contributed by atoms with Crippen molar-refractivity contribution < 1.29 is 14.4 Å². The number of anilines is 3. The molecule has 2 aliphatic heterocycles. The minimum absolute atomic E-state index is 0.00944. The first-order chi connectivity index (χ1) is 15.4. The predicted molar refractivity (Wildman–Crippen MR) is 126 cm³/mol. The van der Waals surface area contributed by atoms with Gasteiger partial charge < -0.3 is 15.1 Å². The van der Waals surface area contributed by atoms with Crippen molar-refractivity contribution in [2.24, 2.45) is 0 Å². The predicted octanol–water partition coefficient (Wildman–Crippen LogP) is 3.86. The van der Waals surface area contributed by atoms with Gasteiger partial charge in [0, 0.05) is 43.9 Å². The molecule has 168 valence electrons. The molecule has 3 amide bonds. The Bertz CT molecular complexity index is 1030. The van der Waals surface area contributed by atoms with Crippen LogP contribution in [0, 0.1) is 0 Å². The van der Waals surface area contributed by atoms with Gasteiger partial charge in [-0.1, -0.05) is 12.1 Å². The van der Waals surface area contributed by atoms with Gasteiger partial charge in [0.2, 0.25) is 11.8 Å². The fraction of sp³-hybridized carbons (Fsp3) is 0.400. The zero-order chi connectivity index (χ0) is 22.9. The molecule has 7 heteroatoms. The lowest BCUT2D eigenvalue weighted by Crippen LogP contribution is -2.62. The van der Waals surface area contributed by atoms with Crippen LogP contribution in [0.4, 0.5) is 17.1 Å². The maximum Gasteiger partial charge on any atom is 0.257 e. The number of rotatable bonds is 7. The van der Waals surface area contributed by atoms with Crippen molar-refractivity contribution in [2.75, 3.05) is 34.8 Å². The number of carbonyl (C=O) groups is 3. The molecule has 7 nitrogen and oxygen atoms in total. The molecule has 2 heterocycles. The van der Waals surface area contributed by atoms with Crippen LogP contribution in [0.1, 0.15) is 50.4 Å². The van der Waals surface area contributed by atoms with Crippen LogP contribution >= 0.6 is 0 Å². The molecule has 0 spiro atoms. The zero-order valence-electron chi connectivity index (χ0n) is 18.9. The summed E-state index contributed by atoms with van der Waals surface area (Å²) < 4.78 is 0. The Labute approximate surface area is 189 Å². The SMILES string of the molecule is CCN(CC)c1ccc(NC(=O)CCN2C(=O)c3ccccc3N3C(=O)CCC23C)cc1. The third kappa shape index (κ3) is 3.72. The lowest BCUT2D eigenvalue weighted by Gasteiger charge is -2.48. The molecule has 4 rings (SSSR count). The first-order valence-electron chi connectivity index (χ1n) is 11.3. The number of hydrogen-bond acceptors (Lipinski definition) is 4. The van der Waals surface area contributed by atoms with Crippen LogP contribution in [0.5, 0.6) is 0 Å². The molecule has 0 bridgehead atoms. The van der Waals surface area contributed by atoms with Crippen LogP contribution in [0.2, 0.25) is 0 Å². The Balaban J connectivity index is 1.46. The van der Waals surface area contributed by atoms with Gasteiger partial charge in [-0.05, 0) is 63.6 Å². The molecule has 32 heavy (non-hydrogen) atoms. The van der Waals surface area contributed by atoms with Crippen molar-refractivity contribution in [3.8, 4) is 0 Å². The lowest BCUT2D eigenvalue weighted by atomic mass is 9.98. The number of para-hydroxylation sites is 1. The Hall–Kier alpha value is -3.35. The molecule has 2 aromatic rings. The van der Waals surface area contributed by atoms with E-state index < -0.39 is 5.66 Å². The molecule has 0 saturated carbocycles. The lowest BCUT2D eigenvalue weighted by molar-refractivity contribution is -0.117. The summed E-state index contributed by atoms with van der Waals surface area (Å²) in [7, 11) is 0. The molecule has 0 radical (unpaired) electrons. The van der Waals surface area contributed by atoms with Gasteiger partial charge >= 0.3 is 0 Å². The monoisotopic (exact) mass is 434 g/mol. The molecule has 0 aliphatic carbocycles. The Kier molecular flexibility index (Phi) is 5.91. The van der Waals surface area contributed by atoms with E-state index in [1.165, 1.54) is 0 Å². The fourth-order valence-electron chi connectivity index (χ4n) is 4.82. The second-order valence-corrected chi connectivity index (χ2v) is 8.44. The van der Waals surface area contributed by atoms with E-state index in [9.17, 15) is 14.4 Å². The van der Waals surface area contributed by atoms with Crippen molar-refractivity contribution in [1.82, 2.24) is 4.90 Å². The molecular formula is C25H30N4O3. The number of nitrogens with one attached hydrogen (secondary N) is 1. The van der Waals surface area contributed by atoms with Crippen LogP contribution in [-0.2, 0) is 9.59 Å². The van der Waals surface area contributed by atoms with Gasteiger partial charge in [0.05, 0.1) is 11.3 Å². The molecule has 1 atom stereocenters. The smallest absolute Gasteiger partial charge is 0.257 e. The van der Waals surface area contributed by atoms with Gasteiger partial charge in [-0.2, -0.15) is 0 Å². The highest BCUT2D eigenvalue weighted by Gasteiger charge is 2.52. The average molecular weight is 435 g/mol. The molecule has 1 saturated heterocycles. The van der Waals surface area contributed by atoms with E-state index in [4.69, 9.17) is 0 Å². The van der Waals surface area contributed by atoms with Gasteiger partial charge in [-0.15, -0.1) is 0 Å². The second-order valence-electron chi connectivity index (χ2n) is 8.44. The molecule has 1 N–H and O–H groups in total. The average Bonchev–Trinajstić information content (AvgIpc) is 3.10. The summed E-state index contributed by atoms with van der Waals surface area (Å²) in [5, 5.41) is 2.92. The number of carbonyl (C=O) groups excluding carboxylic acids is 3. The third-order valence-corrected chi connectivity index (χ3v) is 6.59. The van der Waals surface area contributed by atoms with E-state index in [1.807, 2.05) is 43.3 Å². The van der Waals surface area contributed by atoms with Crippen LogP contribution in [0.15, 0.2) is 48.5 Å². The number of benzene rings is 2. The standard InChI is InChI=1S/C25H30N4O3/c1-4-27(5-2)19-12-10-18(11-13-19)26-22(30)15-17-28-24(32)20-8-6-7-9-21(20)29-23(31)14-16-25(28,29)3/h6-13H,4-5,14-17H2,1-3H3,(H,26,30). The fourth-order valence-corrected chi connectivity index (χ4v) is 4.82. The van der Waals surface area contributed by atoms with Crippen LogP contribution in [-0.4, -0.2) is 47.9 Å². The maximum atomic E-state index is 13.3. The van der Waals surface area contributed by atoms with Gasteiger partial charge in [-0.3, -0.25) is 19.3 Å². The number of nitrogens with zero attached hydrogens (tertiary/aromatic N) is 3. The van der Waals surface area contributed by atoms with E-state index in [2.05, 4.69) is 24.1 Å². The van der Waals surface area contributed by atoms with E-state index in [-0.39, 0.29) is 30.7 Å². The van der Waals surface area contributed by atoms with E-state index in [1.54, 1.807) is 21.9 Å². The van der Waals surface area contributed by atoms with Gasteiger partial charge in [-0.25, -0.2) is 0 Å². The molecule has 2 aliphatic rings. The molecular weight excluding hydrogens is 404 g/mol. The van der Waals surface area contributed by atoms with Crippen molar-refractivity contribution in [1.29, 1.82) is 0 Å². The summed E-state index contributed by atoms with van der Waals surface area (Å²) in [6.07, 6.45) is 1.10. The number of amides is 3. The Morgan fingerprint density at radius 3 is 2.44 bits per heavy atom. The van der Waals surface area contributed by atoms with Gasteiger partial charge in [0.1, 0.15) is 5.66 Å². The topological polar surface area (TPSA) is 73.0 Å². The highest BCUT2D eigenvalue weighted by molar-refractivity contribution is 6.10. The zero-order valence-corrected chi connectivity index (χ0v) is 18.9. The van der Waals surface area contributed by atoms with E-state index >= 15 is 0 Å². The minimum atomic E-state index is -0.742. The summed E-state index contributed by atoms with van der Waals surface area (Å²) in [6.45, 7) is 8.23. The van der Waals surface area contributed by atoms with Crippen molar-refractivity contribution >= 4 is 34.8 Å². The Morgan fingerprint density at radius 2 is 1.75 bits per heavy atom. The highest BCUT2D eigenvalue weighted by Crippen LogP contribution is 2.43. The van der Waals surface area contributed by atoms with Crippen molar-refractivity contribution in [3.05, 3.63) is 54.1 Å². The largest absolute Gasteiger partial charge is 0.372 e. The van der Waals surface area contributed by atoms with Crippen LogP contribution < -0.4 is 15.1 Å². The summed E-state index contributed by atoms with van der Waals surface area (Å²) in [5.74, 6) is -0.285. The second kappa shape index (κ2) is 8.65. The Morgan fingerprint density at radius 1 is 1.06 bits per heavy atom. The van der Waals surface area contributed by atoms with Crippen LogP contribution in [0.3, 0.4) is 0 Å². The summed E-state index contributed by atoms with van der Waals surface area (Å²) in [6, 6.07) is 15.0. The first-order valence-corrected chi connectivity index (χ1v) is 11.3. The molecule has 2 aromatic carbocycles. The first kappa shape index (κ1) is 21.9. The normalized spacial score (nSPS) is 19.6. The third-order valence-electron chi connectivity index (χ3n) is 6.59. The van der Waals surface area contributed by atoms with E-state index in [0.29, 0.717) is 24.1 Å². The van der Waals surface area contributed by atoms with E-state index in [0.717, 1.165) is 24.5 Å². The summed E-state index contributed by atoms with van der Waals surface area (Å²) >= 11 is 0. The summed E-state index contributed by atoms with van der Waals surface area (Å²) in [4.78, 5) is 44.2.